The first-order chi connectivity index (χ1) is 11.2. The van der Waals surface area contributed by atoms with Gasteiger partial charge in [0.25, 0.3) is 0 Å². The van der Waals surface area contributed by atoms with Crippen molar-refractivity contribution in [1.29, 1.82) is 0 Å². The average molecular weight is 314 g/mol. The zero-order valence-corrected chi connectivity index (χ0v) is 13.6. The van der Waals surface area contributed by atoms with Gasteiger partial charge in [-0.05, 0) is 36.2 Å². The van der Waals surface area contributed by atoms with Crippen LogP contribution in [-0.4, -0.2) is 27.4 Å². The van der Waals surface area contributed by atoms with E-state index in [9.17, 15) is 0 Å². The van der Waals surface area contributed by atoms with Gasteiger partial charge in [0.05, 0.1) is 34.0 Å². The smallest absolute Gasteiger partial charge is 0.125 e. The van der Waals surface area contributed by atoms with E-state index >= 15 is 0 Å². The summed E-state index contributed by atoms with van der Waals surface area (Å²) in [5.41, 5.74) is 2.86. The Labute approximate surface area is 137 Å². The molecule has 2 aromatic carbocycles. The molecule has 0 fully saturated rings. The van der Waals surface area contributed by atoms with Crippen LogP contribution in [0.25, 0.3) is 0 Å². The summed E-state index contributed by atoms with van der Waals surface area (Å²) in [4.78, 5) is 0. The molecule has 4 nitrogen and oxygen atoms in total. The highest BCUT2D eigenvalue weighted by Gasteiger charge is 2.04. The van der Waals surface area contributed by atoms with Gasteiger partial charge in [-0.15, -0.1) is 0 Å². The topological polar surface area (TPSA) is 36.9 Å². The van der Waals surface area contributed by atoms with Crippen molar-refractivity contribution >= 4 is 0 Å². The van der Waals surface area contributed by atoms with Crippen molar-refractivity contribution in [1.82, 2.24) is 0 Å². The average Bonchev–Trinajstić information content (AvgIpc) is 2.59. The number of hydrogen-bond acceptors (Lipinski definition) is 4. The van der Waals surface area contributed by atoms with Crippen molar-refractivity contribution in [2.45, 2.75) is 6.61 Å². The lowest BCUT2D eigenvalue weighted by Gasteiger charge is -2.10. The largest absolute Gasteiger partial charge is 0.497 e. The minimum atomic E-state index is 0.471. The van der Waals surface area contributed by atoms with E-state index in [2.05, 4.69) is 6.92 Å². The zero-order valence-electron chi connectivity index (χ0n) is 13.6. The lowest BCUT2D eigenvalue weighted by atomic mass is 10.1. The molecule has 0 amide bonds. The van der Waals surface area contributed by atoms with Crippen molar-refractivity contribution in [2.75, 3.05) is 27.4 Å². The third-order valence-corrected chi connectivity index (χ3v) is 3.26. The van der Waals surface area contributed by atoms with Crippen molar-refractivity contribution in [3.8, 4) is 11.5 Å². The van der Waals surface area contributed by atoms with Crippen LogP contribution in [0.2, 0.25) is 0 Å². The Morgan fingerprint density at radius 1 is 1.00 bits per heavy atom. The van der Waals surface area contributed by atoms with Gasteiger partial charge in [0.15, 0.2) is 0 Å². The standard InChI is InChI=1S/C19H22O4/c1-15-7-8-17(19(11-15)21-3)14-23-10-9-22-13-16-5-4-6-18(12-16)20-2/h4-8,11-12,14H,1,9-10,13H2,2-3H3. The lowest BCUT2D eigenvalue weighted by molar-refractivity contribution is 0.0657. The molecule has 0 atom stereocenters. The Morgan fingerprint density at radius 3 is 2.65 bits per heavy atom. The Kier molecular flexibility index (Phi) is 6.91. The van der Waals surface area contributed by atoms with E-state index in [1.165, 1.54) is 0 Å². The predicted molar refractivity (Wildman–Crippen MR) is 89.5 cm³/mol. The second-order valence-corrected chi connectivity index (χ2v) is 4.97. The fourth-order valence-corrected chi connectivity index (χ4v) is 2.06. The molecular weight excluding hydrogens is 292 g/mol. The van der Waals surface area contributed by atoms with Gasteiger partial charge < -0.3 is 18.9 Å². The Bertz CT molecular complexity index is 610. The van der Waals surface area contributed by atoms with Crippen LogP contribution in [0.4, 0.5) is 0 Å². The molecule has 0 aliphatic heterocycles. The number of hydrogen-bond donors (Lipinski definition) is 0. The van der Waals surface area contributed by atoms with Crippen LogP contribution in [0.15, 0.2) is 42.5 Å². The van der Waals surface area contributed by atoms with Gasteiger partial charge in [-0.25, -0.2) is 0 Å². The maximum Gasteiger partial charge on any atom is 0.125 e. The highest BCUT2D eigenvalue weighted by Crippen LogP contribution is 2.21. The third-order valence-electron chi connectivity index (χ3n) is 3.26. The summed E-state index contributed by atoms with van der Waals surface area (Å²) in [7, 11) is 3.28. The van der Waals surface area contributed by atoms with Crippen molar-refractivity contribution < 1.29 is 18.9 Å². The molecule has 122 valence electrons. The van der Waals surface area contributed by atoms with Gasteiger partial charge in [0.2, 0.25) is 0 Å². The molecule has 4 heteroatoms. The molecule has 0 aromatic heterocycles. The maximum absolute atomic E-state index is 5.59. The van der Waals surface area contributed by atoms with E-state index in [0.29, 0.717) is 19.8 Å². The predicted octanol–water partition coefficient (Wildman–Crippen LogP) is 3.63. The van der Waals surface area contributed by atoms with Gasteiger partial charge in [0, 0.05) is 5.56 Å². The minimum Gasteiger partial charge on any atom is -0.497 e. The second-order valence-electron chi connectivity index (χ2n) is 4.97. The summed E-state index contributed by atoms with van der Waals surface area (Å²) in [5.74, 6) is 1.58. The Balaban J connectivity index is 1.68. The molecule has 0 saturated heterocycles. The molecule has 0 heterocycles. The number of methoxy groups -OCH3 is 2. The quantitative estimate of drug-likeness (QED) is 0.662. The first-order valence-electron chi connectivity index (χ1n) is 7.38. The molecule has 2 radical (unpaired) electrons. The molecule has 0 aliphatic rings. The molecule has 2 aromatic rings. The van der Waals surface area contributed by atoms with Crippen LogP contribution < -0.4 is 9.47 Å². The number of ether oxygens (including phenoxy) is 4. The van der Waals surface area contributed by atoms with Crippen LogP contribution >= 0.6 is 0 Å². The Morgan fingerprint density at radius 2 is 1.87 bits per heavy atom. The zero-order chi connectivity index (χ0) is 16.5. The van der Waals surface area contributed by atoms with Gasteiger partial charge in [0.1, 0.15) is 18.1 Å². The SMILES string of the molecule is [CH2]c1ccc([CH]OCCOCc2cccc(OC)c2)c(OC)c1. The number of rotatable bonds is 9. The molecule has 2 rings (SSSR count). The molecule has 0 spiro atoms. The van der Waals surface area contributed by atoms with E-state index in [4.69, 9.17) is 18.9 Å². The molecule has 0 saturated carbocycles. The fourth-order valence-electron chi connectivity index (χ4n) is 2.06. The van der Waals surface area contributed by atoms with Gasteiger partial charge >= 0.3 is 0 Å². The summed E-state index contributed by atoms with van der Waals surface area (Å²) >= 11 is 0. The van der Waals surface area contributed by atoms with Gasteiger partial charge in [-0.3, -0.25) is 0 Å². The van der Waals surface area contributed by atoms with Crippen molar-refractivity contribution in [2.24, 2.45) is 0 Å². The Hall–Kier alpha value is -2.04. The van der Waals surface area contributed by atoms with Crippen LogP contribution in [0.5, 0.6) is 11.5 Å². The summed E-state index contributed by atoms with van der Waals surface area (Å²) < 4.78 is 21.6. The molecule has 0 bridgehead atoms. The van der Waals surface area contributed by atoms with E-state index in [-0.39, 0.29) is 0 Å². The molecule has 23 heavy (non-hydrogen) atoms. The molecular formula is C19H22O4. The first kappa shape index (κ1) is 17.3. The van der Waals surface area contributed by atoms with E-state index in [0.717, 1.165) is 28.2 Å². The number of benzene rings is 2. The summed E-state index contributed by atoms with van der Waals surface area (Å²) in [5, 5.41) is 0. The minimum absolute atomic E-state index is 0.471. The van der Waals surface area contributed by atoms with Crippen LogP contribution in [0.1, 0.15) is 16.7 Å². The second kappa shape index (κ2) is 9.18. The molecule has 0 aliphatic carbocycles. The van der Waals surface area contributed by atoms with E-state index < -0.39 is 0 Å². The van der Waals surface area contributed by atoms with Crippen molar-refractivity contribution in [3.05, 3.63) is 72.7 Å². The van der Waals surface area contributed by atoms with Crippen molar-refractivity contribution in [3.63, 3.8) is 0 Å². The normalized spacial score (nSPS) is 10.6. The third kappa shape index (κ3) is 5.58. The fraction of sp³-hybridized carbons (Fsp3) is 0.263. The van der Waals surface area contributed by atoms with Crippen LogP contribution in [0.3, 0.4) is 0 Å². The maximum atomic E-state index is 5.59. The highest BCUT2D eigenvalue weighted by atomic mass is 16.5. The monoisotopic (exact) mass is 314 g/mol. The van der Waals surface area contributed by atoms with Gasteiger partial charge in [-0.2, -0.15) is 0 Å². The molecule has 0 N–H and O–H groups in total. The molecule has 0 unspecified atom stereocenters. The van der Waals surface area contributed by atoms with Gasteiger partial charge in [-0.1, -0.05) is 24.3 Å². The highest BCUT2D eigenvalue weighted by molar-refractivity contribution is 5.41. The van der Waals surface area contributed by atoms with E-state index in [1.54, 1.807) is 20.8 Å². The van der Waals surface area contributed by atoms with Crippen LogP contribution in [-0.2, 0) is 16.1 Å². The lowest BCUT2D eigenvalue weighted by Crippen LogP contribution is -2.04. The van der Waals surface area contributed by atoms with E-state index in [1.807, 2.05) is 42.5 Å². The van der Waals surface area contributed by atoms with Crippen LogP contribution in [0, 0.1) is 13.5 Å². The summed E-state index contributed by atoms with van der Waals surface area (Å²) in [6, 6.07) is 13.5. The summed E-state index contributed by atoms with van der Waals surface area (Å²) in [6.07, 6.45) is 0. The summed E-state index contributed by atoms with van der Waals surface area (Å²) in [6.45, 7) is 7.05. The first-order valence-corrected chi connectivity index (χ1v) is 7.38.